The Morgan fingerprint density at radius 2 is 0.921 bits per heavy atom. The van der Waals surface area contributed by atoms with Crippen molar-refractivity contribution in [1.29, 1.82) is 0 Å². The minimum atomic E-state index is -0.579. The van der Waals surface area contributed by atoms with E-state index in [1.165, 1.54) is 0 Å². The zero-order chi connectivity index (χ0) is 28.6. The van der Waals surface area contributed by atoms with Gasteiger partial charge >= 0.3 is 0 Å². The number of hydrogen-bond acceptors (Lipinski definition) is 8. The molecule has 0 aromatic rings. The van der Waals surface area contributed by atoms with Crippen molar-refractivity contribution in [1.82, 2.24) is 0 Å². The van der Waals surface area contributed by atoms with Gasteiger partial charge in [0.15, 0.2) is 5.79 Å². The Morgan fingerprint density at radius 1 is 0.553 bits per heavy atom. The first-order chi connectivity index (χ1) is 18.0. The lowest BCUT2D eigenvalue weighted by molar-refractivity contribution is -0.269. The number of aliphatic hydroxyl groups excluding tert-OH is 5. The molecular formula is C30H60O8. The molecule has 3 saturated carbocycles. The first kappa shape index (κ1) is 35.7. The average molecular weight is 549 g/mol. The van der Waals surface area contributed by atoms with Crippen LogP contribution >= 0.6 is 0 Å². The summed E-state index contributed by atoms with van der Waals surface area (Å²) in [6.45, 7) is 8.92. The molecule has 8 heteroatoms. The van der Waals surface area contributed by atoms with Gasteiger partial charge in [0.2, 0.25) is 0 Å². The third-order valence-corrected chi connectivity index (χ3v) is 8.30. The summed E-state index contributed by atoms with van der Waals surface area (Å²) in [6.07, 6.45) is 13.3. The molecule has 3 rings (SSSR count). The van der Waals surface area contributed by atoms with E-state index in [0.29, 0.717) is 36.9 Å². The maximum absolute atomic E-state index is 9.31. The fourth-order valence-corrected chi connectivity index (χ4v) is 5.52. The van der Waals surface area contributed by atoms with E-state index >= 15 is 0 Å². The van der Waals surface area contributed by atoms with Gasteiger partial charge in [0.05, 0.1) is 24.4 Å². The largest absolute Gasteiger partial charge is 0.396 e. The van der Waals surface area contributed by atoms with Gasteiger partial charge in [-0.2, -0.15) is 0 Å². The maximum Gasteiger partial charge on any atom is 0.163 e. The van der Waals surface area contributed by atoms with Gasteiger partial charge in [-0.3, -0.25) is 0 Å². The molecule has 3 aliphatic rings. The van der Waals surface area contributed by atoms with Crippen LogP contribution in [0.3, 0.4) is 0 Å². The van der Waals surface area contributed by atoms with Crippen molar-refractivity contribution < 1.29 is 39.7 Å². The molecule has 5 N–H and O–H groups in total. The normalized spacial score (nSPS) is 30.5. The molecule has 8 nitrogen and oxygen atoms in total. The second kappa shape index (κ2) is 18.9. The van der Waals surface area contributed by atoms with Crippen LogP contribution in [0, 0.1) is 23.7 Å². The maximum atomic E-state index is 9.31. The zero-order valence-corrected chi connectivity index (χ0v) is 24.9. The van der Waals surface area contributed by atoms with Crippen LogP contribution < -0.4 is 0 Å². The standard InChI is InChI=1S/C17H32O4.C8H16O2.C5H12O2/c1-17(2,20-15-7-3-5-13(9-15)11-18)21-16-8-4-6-14(10-16)12-19;9-5-7-1-2-8(6-10)4-3-7;1-5(2,4-6)7-3/h13-16,18-19H,3-12H2,1-2H3;7-10H,1-6H2;6H,4H2,1-3H3. The topological polar surface area (TPSA) is 129 Å². The molecule has 0 aromatic carbocycles. The molecule has 228 valence electrons. The SMILES string of the molecule is CC(C)(OC1CCCC(CO)C1)OC1CCCC(CO)C1.COC(C)(C)CO.OCC1CCC(CO)CC1. The molecule has 0 saturated heterocycles. The molecule has 0 spiro atoms. The second-order valence-electron chi connectivity index (χ2n) is 12.7. The summed E-state index contributed by atoms with van der Waals surface area (Å²) in [5.74, 6) is 1.22. The van der Waals surface area contributed by atoms with Crippen molar-refractivity contribution >= 4 is 0 Å². The smallest absolute Gasteiger partial charge is 0.163 e. The fraction of sp³-hybridized carbons (Fsp3) is 1.00. The van der Waals surface area contributed by atoms with Crippen LogP contribution in [-0.2, 0) is 14.2 Å². The first-order valence-electron chi connectivity index (χ1n) is 15.0. The highest BCUT2D eigenvalue weighted by Crippen LogP contribution is 2.33. The number of rotatable bonds is 10. The van der Waals surface area contributed by atoms with Crippen LogP contribution in [0.25, 0.3) is 0 Å². The molecule has 0 aromatic heterocycles. The van der Waals surface area contributed by atoms with Crippen LogP contribution in [0.4, 0.5) is 0 Å². The Hall–Kier alpha value is -0.320. The minimum Gasteiger partial charge on any atom is -0.396 e. The number of methoxy groups -OCH3 is 1. The van der Waals surface area contributed by atoms with Gasteiger partial charge in [-0.05, 0) is 116 Å². The zero-order valence-electron chi connectivity index (χ0n) is 24.9. The third kappa shape index (κ3) is 14.9. The van der Waals surface area contributed by atoms with E-state index in [-0.39, 0.29) is 37.6 Å². The first-order valence-corrected chi connectivity index (χ1v) is 15.0. The van der Waals surface area contributed by atoms with Gasteiger partial charge in [0.25, 0.3) is 0 Å². The van der Waals surface area contributed by atoms with Gasteiger partial charge in [-0.25, -0.2) is 0 Å². The number of ether oxygens (including phenoxy) is 3. The van der Waals surface area contributed by atoms with Crippen molar-refractivity contribution in [3.63, 3.8) is 0 Å². The lowest BCUT2D eigenvalue weighted by Gasteiger charge is -2.39. The Labute approximate surface area is 232 Å². The summed E-state index contributed by atoms with van der Waals surface area (Å²) < 4.78 is 17.2. The molecular weight excluding hydrogens is 488 g/mol. The van der Waals surface area contributed by atoms with Crippen LogP contribution in [0.2, 0.25) is 0 Å². The molecule has 0 amide bonds. The van der Waals surface area contributed by atoms with Crippen molar-refractivity contribution in [2.75, 3.05) is 40.1 Å². The molecule has 0 bridgehead atoms. The van der Waals surface area contributed by atoms with E-state index in [2.05, 4.69) is 0 Å². The lowest BCUT2D eigenvalue weighted by atomic mass is 9.83. The van der Waals surface area contributed by atoms with Crippen LogP contribution in [0.1, 0.15) is 105 Å². The molecule has 4 unspecified atom stereocenters. The number of hydrogen-bond donors (Lipinski definition) is 5. The Bertz CT molecular complexity index is 531. The van der Waals surface area contributed by atoms with Gasteiger partial charge in [-0.15, -0.1) is 0 Å². The Balaban J connectivity index is 0.000000351. The van der Waals surface area contributed by atoms with E-state index < -0.39 is 5.79 Å². The highest BCUT2D eigenvalue weighted by atomic mass is 16.7. The quantitative estimate of drug-likeness (QED) is 0.259. The van der Waals surface area contributed by atoms with Crippen LogP contribution in [-0.4, -0.2) is 89.3 Å². The second-order valence-corrected chi connectivity index (χ2v) is 12.7. The Kier molecular flexibility index (Phi) is 17.8. The van der Waals surface area contributed by atoms with Crippen molar-refractivity contribution in [2.45, 2.75) is 128 Å². The summed E-state index contributed by atoms with van der Waals surface area (Å²) in [6, 6.07) is 0. The Morgan fingerprint density at radius 3 is 1.18 bits per heavy atom. The van der Waals surface area contributed by atoms with Crippen LogP contribution in [0.5, 0.6) is 0 Å². The summed E-state index contributed by atoms with van der Waals surface area (Å²) >= 11 is 0. The highest BCUT2D eigenvalue weighted by molar-refractivity contribution is 4.78. The van der Waals surface area contributed by atoms with Crippen LogP contribution in [0.15, 0.2) is 0 Å². The average Bonchev–Trinajstić information content (AvgIpc) is 2.93. The van der Waals surface area contributed by atoms with Crippen molar-refractivity contribution in [3.05, 3.63) is 0 Å². The monoisotopic (exact) mass is 548 g/mol. The van der Waals surface area contributed by atoms with Gasteiger partial charge in [0, 0.05) is 33.5 Å². The molecule has 4 atom stereocenters. The van der Waals surface area contributed by atoms with Crippen molar-refractivity contribution in [3.8, 4) is 0 Å². The molecule has 38 heavy (non-hydrogen) atoms. The van der Waals surface area contributed by atoms with E-state index in [0.717, 1.165) is 77.0 Å². The molecule has 0 radical (unpaired) electrons. The summed E-state index contributed by atoms with van der Waals surface area (Å²) in [5, 5.41) is 44.7. The minimum absolute atomic E-state index is 0.0729. The highest BCUT2D eigenvalue weighted by Gasteiger charge is 2.33. The van der Waals surface area contributed by atoms with E-state index in [1.54, 1.807) is 7.11 Å². The summed E-state index contributed by atoms with van der Waals surface area (Å²) in [4.78, 5) is 0. The van der Waals surface area contributed by atoms with Gasteiger partial charge in [0.1, 0.15) is 0 Å². The molecule has 0 aliphatic heterocycles. The third-order valence-electron chi connectivity index (χ3n) is 8.30. The fourth-order valence-electron chi connectivity index (χ4n) is 5.52. The van der Waals surface area contributed by atoms with E-state index in [4.69, 9.17) is 29.5 Å². The molecule has 0 heterocycles. The van der Waals surface area contributed by atoms with E-state index in [9.17, 15) is 10.2 Å². The molecule has 3 fully saturated rings. The number of aliphatic hydroxyl groups is 5. The lowest BCUT2D eigenvalue weighted by Crippen LogP contribution is -2.40. The summed E-state index contributed by atoms with van der Waals surface area (Å²) in [5.41, 5.74) is -0.361. The predicted octanol–water partition coefficient (Wildman–Crippen LogP) is 4.04. The van der Waals surface area contributed by atoms with Crippen molar-refractivity contribution in [2.24, 2.45) is 23.7 Å². The summed E-state index contributed by atoms with van der Waals surface area (Å²) in [7, 11) is 1.58. The van der Waals surface area contributed by atoms with Gasteiger partial charge < -0.3 is 39.7 Å². The molecule has 3 aliphatic carbocycles. The predicted molar refractivity (Wildman–Crippen MR) is 150 cm³/mol. The van der Waals surface area contributed by atoms with Gasteiger partial charge in [-0.1, -0.05) is 12.8 Å². The van der Waals surface area contributed by atoms with E-state index in [1.807, 2.05) is 27.7 Å².